The third-order valence-electron chi connectivity index (χ3n) is 5.85. The van der Waals surface area contributed by atoms with Crippen molar-refractivity contribution in [2.45, 2.75) is 58.3 Å². The van der Waals surface area contributed by atoms with Crippen molar-refractivity contribution in [3.63, 3.8) is 0 Å². The fraction of sp³-hybridized carbons (Fsp3) is 0.407. The van der Waals surface area contributed by atoms with Crippen molar-refractivity contribution in [2.75, 3.05) is 0 Å². The lowest BCUT2D eigenvalue weighted by Gasteiger charge is -2.17. The van der Waals surface area contributed by atoms with Crippen LogP contribution in [-0.4, -0.2) is 16.6 Å². The molecule has 1 N–H and O–H groups in total. The minimum absolute atomic E-state index is 0.161. The summed E-state index contributed by atoms with van der Waals surface area (Å²) in [4.78, 5) is 16.6. The highest BCUT2D eigenvalue weighted by Gasteiger charge is 2.27. The highest BCUT2D eigenvalue weighted by molar-refractivity contribution is 5.93. The molecular formula is C27H32FNO2. The Morgan fingerprint density at radius 1 is 1.26 bits per heavy atom. The number of phenolic OH excluding ortho intramolecular Hbond substituents is 1. The molecule has 0 amide bonds. The van der Waals surface area contributed by atoms with Crippen LogP contribution in [0.15, 0.2) is 66.0 Å². The molecule has 0 radical (unpaired) electrons. The number of rotatable bonds is 9. The van der Waals surface area contributed by atoms with Crippen LogP contribution in [0, 0.1) is 11.8 Å². The standard InChI is InChI=1S/C27H32FNO2/c1-3-22(28)10-4-7-19(2)25-18-24(31)15-16-27(25)29-26(21-13-14-21)12-6-9-20-8-5-11-23(30)17-20/h3-4,6,9-10,15-16,18,20-21,31H,2,5,7-8,11-14,17H2,1H3/b9-6+,10-4-,22-3+,29-26?. The second-order valence-electron chi connectivity index (χ2n) is 8.49. The molecule has 2 aliphatic rings. The molecule has 31 heavy (non-hydrogen) atoms. The van der Waals surface area contributed by atoms with E-state index in [0.29, 0.717) is 30.5 Å². The van der Waals surface area contributed by atoms with Crippen LogP contribution in [0.4, 0.5) is 10.1 Å². The van der Waals surface area contributed by atoms with Gasteiger partial charge in [0.05, 0.1) is 5.69 Å². The zero-order valence-corrected chi connectivity index (χ0v) is 18.3. The third kappa shape index (κ3) is 7.16. The molecule has 1 aromatic rings. The molecule has 2 saturated carbocycles. The van der Waals surface area contributed by atoms with Gasteiger partial charge in [-0.25, -0.2) is 4.39 Å². The van der Waals surface area contributed by atoms with Crippen molar-refractivity contribution in [1.82, 2.24) is 0 Å². The Balaban J connectivity index is 1.75. The van der Waals surface area contributed by atoms with E-state index < -0.39 is 0 Å². The molecule has 1 atom stereocenters. The Morgan fingerprint density at radius 2 is 2.06 bits per heavy atom. The first-order valence-electron chi connectivity index (χ1n) is 11.2. The van der Waals surface area contributed by atoms with Crippen LogP contribution >= 0.6 is 0 Å². The fourth-order valence-corrected chi connectivity index (χ4v) is 3.90. The van der Waals surface area contributed by atoms with Crippen molar-refractivity contribution >= 4 is 22.8 Å². The highest BCUT2D eigenvalue weighted by atomic mass is 19.1. The summed E-state index contributed by atoms with van der Waals surface area (Å²) in [7, 11) is 0. The van der Waals surface area contributed by atoms with Crippen molar-refractivity contribution in [2.24, 2.45) is 16.8 Å². The van der Waals surface area contributed by atoms with Crippen LogP contribution in [0.1, 0.15) is 63.9 Å². The zero-order chi connectivity index (χ0) is 22.2. The van der Waals surface area contributed by atoms with Crippen LogP contribution in [0.2, 0.25) is 0 Å². The Labute approximate surface area is 184 Å². The maximum Gasteiger partial charge on any atom is 0.133 e. The number of Topliss-reactive ketones (excluding diaryl/α,β-unsaturated/α-hetero) is 1. The van der Waals surface area contributed by atoms with Gasteiger partial charge in [-0.3, -0.25) is 9.79 Å². The van der Waals surface area contributed by atoms with E-state index >= 15 is 0 Å². The van der Waals surface area contributed by atoms with Crippen molar-refractivity contribution in [3.8, 4) is 5.75 Å². The molecule has 3 rings (SSSR count). The second-order valence-corrected chi connectivity index (χ2v) is 8.49. The lowest BCUT2D eigenvalue weighted by Crippen LogP contribution is -2.12. The summed E-state index contributed by atoms with van der Waals surface area (Å²) in [6, 6.07) is 5.13. The van der Waals surface area contributed by atoms with Gasteiger partial charge in [0.25, 0.3) is 0 Å². The van der Waals surface area contributed by atoms with Gasteiger partial charge in [-0.1, -0.05) is 30.9 Å². The molecular weight excluding hydrogens is 389 g/mol. The number of nitrogens with zero attached hydrogens (tertiary/aromatic N) is 1. The first-order chi connectivity index (χ1) is 15.0. The van der Waals surface area contributed by atoms with Crippen LogP contribution in [0.5, 0.6) is 5.75 Å². The quantitative estimate of drug-likeness (QED) is 0.256. The summed E-state index contributed by atoms with van der Waals surface area (Å²) in [5.74, 6) is 1.09. The van der Waals surface area contributed by atoms with Gasteiger partial charge in [0.2, 0.25) is 0 Å². The summed E-state index contributed by atoms with van der Waals surface area (Å²) in [5.41, 5.74) is 3.48. The fourth-order valence-electron chi connectivity index (χ4n) is 3.90. The molecule has 2 fully saturated rings. The van der Waals surface area contributed by atoms with E-state index in [2.05, 4.69) is 18.7 Å². The van der Waals surface area contributed by atoms with Gasteiger partial charge in [0.1, 0.15) is 17.4 Å². The van der Waals surface area contributed by atoms with Gasteiger partial charge >= 0.3 is 0 Å². The summed E-state index contributed by atoms with van der Waals surface area (Å²) in [6.07, 6.45) is 15.9. The average Bonchev–Trinajstić information content (AvgIpc) is 3.59. The smallest absolute Gasteiger partial charge is 0.133 e. The third-order valence-corrected chi connectivity index (χ3v) is 5.85. The molecule has 0 aliphatic heterocycles. The van der Waals surface area contributed by atoms with Crippen molar-refractivity contribution in [3.05, 3.63) is 66.5 Å². The van der Waals surface area contributed by atoms with Gasteiger partial charge in [-0.2, -0.15) is 0 Å². The van der Waals surface area contributed by atoms with E-state index in [1.54, 1.807) is 25.1 Å². The van der Waals surface area contributed by atoms with Gasteiger partial charge in [0.15, 0.2) is 0 Å². The number of aliphatic imine (C=N–C) groups is 1. The zero-order valence-electron chi connectivity index (χ0n) is 18.3. The maximum absolute atomic E-state index is 13.3. The molecule has 0 aromatic heterocycles. The lowest BCUT2D eigenvalue weighted by molar-refractivity contribution is -0.121. The van der Waals surface area contributed by atoms with Gasteiger partial charge in [-0.05, 0) is 80.7 Å². The summed E-state index contributed by atoms with van der Waals surface area (Å²) in [6.45, 7) is 5.78. The molecule has 164 valence electrons. The summed E-state index contributed by atoms with van der Waals surface area (Å²) >= 11 is 0. The molecule has 2 aliphatic carbocycles. The number of hydrogen-bond donors (Lipinski definition) is 1. The summed E-state index contributed by atoms with van der Waals surface area (Å²) < 4.78 is 13.3. The van der Waals surface area contributed by atoms with E-state index in [1.165, 1.54) is 12.2 Å². The van der Waals surface area contributed by atoms with E-state index in [-0.39, 0.29) is 11.6 Å². The minimum Gasteiger partial charge on any atom is -0.508 e. The number of allylic oxidation sites excluding steroid dienone is 7. The largest absolute Gasteiger partial charge is 0.508 e. The van der Waals surface area contributed by atoms with Gasteiger partial charge in [-0.15, -0.1) is 0 Å². The number of ketones is 1. The molecule has 3 nitrogen and oxygen atoms in total. The van der Waals surface area contributed by atoms with Crippen LogP contribution in [0.25, 0.3) is 5.57 Å². The number of carbonyl (C=O) groups excluding carboxylic acids is 1. The minimum atomic E-state index is -0.288. The van der Waals surface area contributed by atoms with E-state index in [0.717, 1.165) is 61.1 Å². The SMILES string of the molecule is C=C(C/C=C\C(F)=C/C)c1cc(O)ccc1N=C(C/C=C/C1CCCC(=O)C1)C1CC1. The normalized spacial score (nSPS) is 20.7. The Bertz CT molecular complexity index is 935. The van der Waals surface area contributed by atoms with E-state index in [1.807, 2.05) is 6.07 Å². The first-order valence-corrected chi connectivity index (χ1v) is 11.2. The first kappa shape index (κ1) is 22.9. The predicted molar refractivity (Wildman–Crippen MR) is 126 cm³/mol. The number of halogens is 1. The molecule has 0 spiro atoms. The maximum atomic E-state index is 13.3. The topological polar surface area (TPSA) is 49.7 Å². The Morgan fingerprint density at radius 3 is 2.77 bits per heavy atom. The van der Waals surface area contributed by atoms with Crippen LogP contribution < -0.4 is 0 Å². The monoisotopic (exact) mass is 421 g/mol. The van der Waals surface area contributed by atoms with Crippen LogP contribution in [0.3, 0.4) is 0 Å². The lowest BCUT2D eigenvalue weighted by atomic mass is 9.88. The van der Waals surface area contributed by atoms with Gasteiger partial charge in [0, 0.05) is 30.5 Å². The van der Waals surface area contributed by atoms with Crippen LogP contribution in [-0.2, 0) is 4.79 Å². The van der Waals surface area contributed by atoms with Crippen molar-refractivity contribution < 1.29 is 14.3 Å². The molecule has 1 unspecified atom stereocenters. The molecule has 0 bridgehead atoms. The Hall–Kier alpha value is -2.75. The number of benzene rings is 1. The number of phenols is 1. The average molecular weight is 422 g/mol. The molecule has 1 aromatic carbocycles. The molecule has 0 saturated heterocycles. The predicted octanol–water partition coefficient (Wildman–Crippen LogP) is 7.41. The highest BCUT2D eigenvalue weighted by Crippen LogP contribution is 2.37. The Kier molecular flexibility index (Phi) is 8.16. The van der Waals surface area contributed by atoms with E-state index in [9.17, 15) is 14.3 Å². The van der Waals surface area contributed by atoms with E-state index in [4.69, 9.17) is 4.99 Å². The number of aromatic hydroxyl groups is 1. The summed E-state index contributed by atoms with van der Waals surface area (Å²) in [5, 5.41) is 9.99. The number of hydrogen-bond acceptors (Lipinski definition) is 3. The van der Waals surface area contributed by atoms with Gasteiger partial charge < -0.3 is 5.11 Å². The molecule has 4 heteroatoms. The van der Waals surface area contributed by atoms with Crippen molar-refractivity contribution in [1.29, 1.82) is 0 Å². The second kappa shape index (κ2) is 11.0. The molecule has 0 heterocycles. The number of carbonyl (C=O) groups is 1.